The number of aryl methyl sites for hydroxylation is 1. The van der Waals surface area contributed by atoms with E-state index in [9.17, 15) is 13.2 Å². The van der Waals surface area contributed by atoms with Crippen molar-refractivity contribution in [1.29, 1.82) is 0 Å². The summed E-state index contributed by atoms with van der Waals surface area (Å²) >= 11 is 2.89. The Kier molecular flexibility index (Phi) is 3.59. The van der Waals surface area contributed by atoms with Gasteiger partial charge >= 0.3 is 6.18 Å². The first-order valence-electron chi connectivity index (χ1n) is 4.14. The van der Waals surface area contributed by atoms with Crippen LogP contribution in [0.4, 0.5) is 13.2 Å². The van der Waals surface area contributed by atoms with Crippen molar-refractivity contribution >= 4 is 15.9 Å². The molecule has 0 nitrogen and oxygen atoms in total. The van der Waals surface area contributed by atoms with Gasteiger partial charge in [-0.3, -0.25) is 0 Å². The van der Waals surface area contributed by atoms with Crippen molar-refractivity contribution in [2.75, 3.05) is 5.33 Å². The number of rotatable bonds is 2. The fourth-order valence-corrected chi connectivity index (χ4v) is 1.99. The average Bonchev–Trinajstić information content (AvgIpc) is 2.02. The van der Waals surface area contributed by atoms with E-state index in [4.69, 9.17) is 0 Å². The molecule has 0 saturated heterocycles. The first-order chi connectivity index (χ1) is 6.45. The van der Waals surface area contributed by atoms with E-state index in [0.717, 1.165) is 5.56 Å². The highest BCUT2D eigenvalue weighted by molar-refractivity contribution is 9.09. The fraction of sp³-hybridized carbons (Fsp3) is 0.400. The Hall–Kier alpha value is -0.510. The lowest BCUT2D eigenvalue weighted by atomic mass is 9.99. The monoisotopic (exact) mass is 266 g/mol. The first-order valence-corrected chi connectivity index (χ1v) is 5.26. The molecule has 1 rings (SSSR count). The molecule has 0 fully saturated rings. The predicted molar refractivity (Wildman–Crippen MR) is 53.8 cm³/mol. The molecular weight excluding hydrogens is 257 g/mol. The van der Waals surface area contributed by atoms with Crippen LogP contribution in [0, 0.1) is 6.92 Å². The second-order valence-electron chi connectivity index (χ2n) is 3.16. The molecule has 1 aromatic carbocycles. The summed E-state index contributed by atoms with van der Waals surface area (Å²) in [4.78, 5) is 0. The zero-order valence-corrected chi connectivity index (χ0v) is 9.19. The number of halogens is 4. The molecule has 1 unspecified atom stereocenters. The van der Waals surface area contributed by atoms with Crippen LogP contribution in [-0.4, -0.2) is 11.5 Å². The van der Waals surface area contributed by atoms with Crippen LogP contribution >= 0.6 is 15.9 Å². The fourth-order valence-electron chi connectivity index (χ4n) is 1.25. The van der Waals surface area contributed by atoms with Crippen LogP contribution in [0.1, 0.15) is 17.0 Å². The molecular formula is C10H10BrF3. The van der Waals surface area contributed by atoms with Crippen molar-refractivity contribution in [3.63, 3.8) is 0 Å². The molecule has 0 spiro atoms. The SMILES string of the molecule is Cc1cccc(C(CBr)C(F)(F)F)c1. The lowest BCUT2D eigenvalue weighted by molar-refractivity contribution is -0.144. The number of hydrogen-bond acceptors (Lipinski definition) is 0. The van der Waals surface area contributed by atoms with Gasteiger partial charge in [0.15, 0.2) is 0 Å². The summed E-state index contributed by atoms with van der Waals surface area (Å²) in [6.07, 6.45) is -4.18. The van der Waals surface area contributed by atoms with Crippen LogP contribution in [0.25, 0.3) is 0 Å². The molecule has 0 aliphatic rings. The van der Waals surface area contributed by atoms with Crippen LogP contribution in [-0.2, 0) is 0 Å². The first kappa shape index (κ1) is 11.6. The van der Waals surface area contributed by atoms with E-state index in [-0.39, 0.29) is 5.33 Å². The molecule has 1 aromatic rings. The summed E-state index contributed by atoms with van der Waals surface area (Å²) in [5.41, 5.74) is 1.16. The molecule has 0 N–H and O–H groups in total. The second-order valence-corrected chi connectivity index (χ2v) is 3.81. The Morgan fingerprint density at radius 2 is 2.00 bits per heavy atom. The molecule has 78 valence electrons. The second kappa shape index (κ2) is 4.34. The largest absolute Gasteiger partial charge is 0.396 e. The molecule has 0 aromatic heterocycles. The Morgan fingerprint density at radius 1 is 1.36 bits per heavy atom. The third-order valence-corrected chi connectivity index (χ3v) is 2.64. The summed E-state index contributed by atoms with van der Waals surface area (Å²) in [6, 6.07) is 6.50. The lowest BCUT2D eigenvalue weighted by Crippen LogP contribution is -2.22. The zero-order chi connectivity index (χ0) is 10.8. The van der Waals surface area contributed by atoms with Crippen LogP contribution in [0.3, 0.4) is 0 Å². The van der Waals surface area contributed by atoms with Gasteiger partial charge in [-0.05, 0) is 12.5 Å². The molecule has 0 radical (unpaired) electrons. The zero-order valence-electron chi connectivity index (χ0n) is 7.61. The molecule has 14 heavy (non-hydrogen) atoms. The highest BCUT2D eigenvalue weighted by atomic mass is 79.9. The van der Waals surface area contributed by atoms with Gasteiger partial charge in [0.2, 0.25) is 0 Å². The van der Waals surface area contributed by atoms with Gasteiger partial charge in [0.1, 0.15) is 0 Å². The van der Waals surface area contributed by atoms with Gasteiger partial charge in [-0.2, -0.15) is 13.2 Å². The Morgan fingerprint density at radius 3 is 2.43 bits per heavy atom. The van der Waals surface area contributed by atoms with Gasteiger partial charge in [0, 0.05) is 5.33 Å². The summed E-state index contributed by atoms with van der Waals surface area (Å²) < 4.78 is 37.5. The number of hydrogen-bond donors (Lipinski definition) is 0. The summed E-state index contributed by atoms with van der Waals surface area (Å²) in [5.74, 6) is -1.41. The lowest BCUT2D eigenvalue weighted by Gasteiger charge is -2.18. The van der Waals surface area contributed by atoms with Crippen molar-refractivity contribution in [2.45, 2.75) is 19.0 Å². The minimum absolute atomic E-state index is 0.0973. The predicted octanol–water partition coefficient (Wildman–Crippen LogP) is 4.04. The van der Waals surface area contributed by atoms with Crippen molar-refractivity contribution < 1.29 is 13.2 Å². The maximum absolute atomic E-state index is 12.5. The molecule has 0 aliphatic carbocycles. The Labute approximate surface area is 89.3 Å². The van der Waals surface area contributed by atoms with E-state index < -0.39 is 12.1 Å². The summed E-state index contributed by atoms with van der Waals surface area (Å²) in [6.45, 7) is 1.78. The molecule has 1 atom stereocenters. The van der Waals surface area contributed by atoms with Gasteiger partial charge in [-0.25, -0.2) is 0 Å². The Bertz CT molecular complexity index is 306. The molecule has 0 heterocycles. The molecule has 0 bridgehead atoms. The normalized spacial score (nSPS) is 14.1. The number of alkyl halides is 4. The van der Waals surface area contributed by atoms with Crippen LogP contribution in [0.15, 0.2) is 24.3 Å². The molecule has 0 aliphatic heterocycles. The van der Waals surface area contributed by atoms with Crippen molar-refractivity contribution in [3.8, 4) is 0 Å². The quantitative estimate of drug-likeness (QED) is 0.709. The van der Waals surface area contributed by atoms with Gasteiger partial charge < -0.3 is 0 Å². The maximum atomic E-state index is 12.5. The third-order valence-electron chi connectivity index (χ3n) is 1.99. The minimum Gasteiger partial charge on any atom is -0.170 e. The van der Waals surface area contributed by atoms with Crippen molar-refractivity contribution in [1.82, 2.24) is 0 Å². The average molecular weight is 267 g/mol. The van der Waals surface area contributed by atoms with Gasteiger partial charge in [0.25, 0.3) is 0 Å². The van der Waals surface area contributed by atoms with E-state index in [2.05, 4.69) is 15.9 Å². The van der Waals surface area contributed by atoms with Crippen LogP contribution < -0.4 is 0 Å². The highest BCUT2D eigenvalue weighted by Gasteiger charge is 2.39. The van der Waals surface area contributed by atoms with Gasteiger partial charge in [-0.1, -0.05) is 45.8 Å². The molecule has 0 amide bonds. The van der Waals surface area contributed by atoms with E-state index >= 15 is 0 Å². The van der Waals surface area contributed by atoms with E-state index in [1.807, 2.05) is 0 Å². The third kappa shape index (κ3) is 2.74. The summed E-state index contributed by atoms with van der Waals surface area (Å²) in [7, 11) is 0. The topological polar surface area (TPSA) is 0 Å². The highest BCUT2D eigenvalue weighted by Crippen LogP contribution is 2.36. The maximum Gasteiger partial charge on any atom is 0.396 e. The summed E-state index contributed by atoms with van der Waals surface area (Å²) in [5, 5.41) is -0.0973. The number of benzene rings is 1. The molecule has 4 heteroatoms. The van der Waals surface area contributed by atoms with Crippen LogP contribution in [0.2, 0.25) is 0 Å². The smallest absolute Gasteiger partial charge is 0.170 e. The van der Waals surface area contributed by atoms with Gasteiger partial charge in [0.05, 0.1) is 5.92 Å². The van der Waals surface area contributed by atoms with Crippen molar-refractivity contribution in [3.05, 3.63) is 35.4 Å². The minimum atomic E-state index is -4.18. The standard InChI is InChI=1S/C10H10BrF3/c1-7-3-2-4-8(5-7)9(6-11)10(12,13)14/h2-5,9H,6H2,1H3. The van der Waals surface area contributed by atoms with E-state index in [0.29, 0.717) is 5.56 Å². The molecule has 0 saturated carbocycles. The van der Waals surface area contributed by atoms with E-state index in [1.54, 1.807) is 25.1 Å². The van der Waals surface area contributed by atoms with Gasteiger partial charge in [-0.15, -0.1) is 0 Å². The van der Waals surface area contributed by atoms with Crippen LogP contribution in [0.5, 0.6) is 0 Å². The van der Waals surface area contributed by atoms with Crippen molar-refractivity contribution in [2.24, 2.45) is 0 Å². The Balaban J connectivity index is 3.01. The van der Waals surface area contributed by atoms with E-state index in [1.165, 1.54) is 6.07 Å².